The van der Waals surface area contributed by atoms with Crippen LogP contribution in [-0.2, 0) is 27.6 Å². The third-order valence-corrected chi connectivity index (χ3v) is 5.36. The Bertz CT molecular complexity index is 1120. The van der Waals surface area contributed by atoms with Gasteiger partial charge in [0.05, 0.1) is 12.1 Å². The fourth-order valence-electron chi connectivity index (χ4n) is 3.44. The van der Waals surface area contributed by atoms with Crippen molar-refractivity contribution in [3.63, 3.8) is 0 Å². The van der Waals surface area contributed by atoms with E-state index in [2.05, 4.69) is 10.3 Å². The maximum absolute atomic E-state index is 11.6. The molecule has 1 N–H and O–H groups in total. The van der Waals surface area contributed by atoms with Crippen molar-refractivity contribution in [1.82, 2.24) is 9.97 Å². The van der Waals surface area contributed by atoms with Gasteiger partial charge >= 0.3 is 5.97 Å². The molecule has 32 heavy (non-hydrogen) atoms. The Morgan fingerprint density at radius 3 is 2.97 bits per heavy atom. The third kappa shape index (κ3) is 5.20. The topological polar surface area (TPSA) is 85.8 Å². The van der Waals surface area contributed by atoms with Crippen LogP contribution >= 0.6 is 11.6 Å². The van der Waals surface area contributed by atoms with Gasteiger partial charge in [-0.2, -0.15) is 9.87 Å². The van der Waals surface area contributed by atoms with E-state index >= 15 is 0 Å². The smallest absolute Gasteiger partial charge is 0.305 e. The number of esters is 1. The maximum Gasteiger partial charge on any atom is 0.305 e. The minimum Gasteiger partial charge on any atom is -0.466 e. The Morgan fingerprint density at radius 2 is 2.12 bits per heavy atom. The molecular weight excluding hydrogens is 432 g/mol. The summed E-state index contributed by atoms with van der Waals surface area (Å²) < 4.78 is 4.99. The summed E-state index contributed by atoms with van der Waals surface area (Å²) in [4.78, 5) is 33.1. The van der Waals surface area contributed by atoms with E-state index in [1.54, 1.807) is 6.92 Å². The minimum absolute atomic E-state index is 0.193. The Balaban J connectivity index is 1.52. The van der Waals surface area contributed by atoms with Crippen LogP contribution in [0, 0.1) is 0 Å². The van der Waals surface area contributed by atoms with Gasteiger partial charge in [0.25, 0.3) is 0 Å². The number of ether oxygens (including phenoxy) is 1. The summed E-state index contributed by atoms with van der Waals surface area (Å²) in [6.45, 7) is 3.82. The molecule has 1 aliphatic heterocycles. The number of aromatic nitrogens is 2. The van der Waals surface area contributed by atoms with Crippen LogP contribution in [0.4, 0.5) is 11.8 Å². The lowest BCUT2D eigenvalue weighted by Crippen LogP contribution is -2.22. The molecule has 0 bridgehead atoms. The van der Waals surface area contributed by atoms with Crippen LogP contribution in [0.2, 0.25) is 5.02 Å². The normalized spacial score (nSPS) is 12.3. The van der Waals surface area contributed by atoms with Crippen LogP contribution < -0.4 is 15.1 Å². The van der Waals surface area contributed by atoms with Gasteiger partial charge in [-0.25, -0.2) is 4.98 Å². The number of anilines is 2. The number of benzene rings is 2. The van der Waals surface area contributed by atoms with E-state index in [-0.39, 0.29) is 5.97 Å². The second kappa shape index (κ2) is 10.0. The molecule has 2 heterocycles. The molecule has 9 heteroatoms. The Labute approximate surface area is 191 Å². The van der Waals surface area contributed by atoms with Gasteiger partial charge in [-0.3, -0.25) is 4.79 Å². The largest absolute Gasteiger partial charge is 0.466 e. The fraction of sp³-hybridized carbons (Fsp3) is 0.348. The number of fused-ring (bicyclic) bond motifs is 2. The first-order valence-electron chi connectivity index (χ1n) is 10.5. The lowest BCUT2D eigenvalue weighted by atomic mass is 10.1. The highest BCUT2D eigenvalue weighted by Crippen LogP contribution is 2.29. The summed E-state index contributed by atoms with van der Waals surface area (Å²) in [6, 6.07) is 11.5. The first kappa shape index (κ1) is 22.1. The van der Waals surface area contributed by atoms with Crippen LogP contribution in [0.15, 0.2) is 36.4 Å². The number of hydrogen-bond acceptors (Lipinski definition) is 8. The average molecular weight is 457 g/mol. The van der Waals surface area contributed by atoms with Gasteiger partial charge in [-0.05, 0) is 43.2 Å². The molecule has 0 amide bonds. The monoisotopic (exact) mass is 456 g/mol. The molecule has 0 radical (unpaired) electrons. The molecule has 0 saturated heterocycles. The molecule has 4 rings (SSSR count). The van der Waals surface area contributed by atoms with Gasteiger partial charge < -0.3 is 19.8 Å². The van der Waals surface area contributed by atoms with Gasteiger partial charge in [0.2, 0.25) is 5.95 Å². The van der Waals surface area contributed by atoms with Crippen LogP contribution in [0.25, 0.3) is 10.9 Å². The zero-order valence-electron chi connectivity index (χ0n) is 18.1. The van der Waals surface area contributed by atoms with E-state index in [0.717, 1.165) is 27.8 Å². The van der Waals surface area contributed by atoms with E-state index in [0.29, 0.717) is 55.9 Å². The molecule has 0 unspecified atom stereocenters. The minimum atomic E-state index is -0.193. The van der Waals surface area contributed by atoms with Gasteiger partial charge in [-0.15, -0.1) is 0 Å². The fourth-order valence-corrected chi connectivity index (χ4v) is 3.61. The molecule has 2 aromatic carbocycles. The summed E-state index contributed by atoms with van der Waals surface area (Å²) in [5.41, 5.74) is 2.84. The Kier molecular flexibility index (Phi) is 6.92. The number of halogens is 1. The number of carbonyl (C=O) groups is 1. The van der Waals surface area contributed by atoms with Crippen LogP contribution in [-0.4, -0.2) is 36.1 Å². The maximum atomic E-state index is 11.6. The second-order valence-corrected chi connectivity index (χ2v) is 7.94. The van der Waals surface area contributed by atoms with Gasteiger partial charge in [0.1, 0.15) is 12.4 Å². The average Bonchev–Trinajstić information content (AvgIpc) is 3.25. The number of rotatable bonds is 9. The first-order valence-corrected chi connectivity index (χ1v) is 10.9. The van der Waals surface area contributed by atoms with Gasteiger partial charge in [0, 0.05) is 42.5 Å². The Hall–Kier alpha value is -3.10. The van der Waals surface area contributed by atoms with Crippen molar-refractivity contribution in [2.75, 3.05) is 30.4 Å². The van der Waals surface area contributed by atoms with Crippen molar-refractivity contribution in [3.8, 4) is 5.75 Å². The molecule has 1 aromatic heterocycles. The number of nitrogens with zero attached hydrogens (tertiary/aromatic N) is 3. The van der Waals surface area contributed by atoms with E-state index in [1.165, 1.54) is 0 Å². The molecule has 0 spiro atoms. The summed E-state index contributed by atoms with van der Waals surface area (Å²) in [6.07, 6.45) is 1.01. The van der Waals surface area contributed by atoms with Crippen LogP contribution in [0.3, 0.4) is 0 Å². The lowest BCUT2D eigenvalue weighted by Gasteiger charge is -2.19. The van der Waals surface area contributed by atoms with Crippen molar-refractivity contribution in [2.24, 2.45) is 0 Å². The zero-order valence-corrected chi connectivity index (χ0v) is 18.8. The molecule has 0 saturated carbocycles. The summed E-state index contributed by atoms with van der Waals surface area (Å²) in [5.74, 6) is 1.79. The summed E-state index contributed by atoms with van der Waals surface area (Å²) >= 11 is 6.23. The Morgan fingerprint density at radius 1 is 1.25 bits per heavy atom. The molecule has 168 valence electrons. The molecule has 0 aliphatic carbocycles. The van der Waals surface area contributed by atoms with E-state index < -0.39 is 0 Å². The van der Waals surface area contributed by atoms with Crippen molar-refractivity contribution in [2.45, 2.75) is 32.9 Å². The van der Waals surface area contributed by atoms with Crippen molar-refractivity contribution in [1.29, 1.82) is 0 Å². The highest BCUT2D eigenvalue weighted by molar-refractivity contribution is 6.31. The molecule has 0 atom stereocenters. The predicted octanol–water partition coefficient (Wildman–Crippen LogP) is 4.50. The molecule has 8 nitrogen and oxygen atoms in total. The standard InChI is InChI=1S/C23H25ClN4O4/c1-3-30-21(29)5-4-10-28(2)23-26-19-9-8-17(24)12-18(19)22(27-23)25-13-15-6-7-16-14-31-32-20(16)11-15/h6-9,11-12H,3-5,10,13-14H2,1-2H3,(H,25,26,27). The first-order chi connectivity index (χ1) is 15.5. The summed E-state index contributed by atoms with van der Waals surface area (Å²) in [5, 5.41) is 4.85. The van der Waals surface area contributed by atoms with Gasteiger partial charge in [0.15, 0.2) is 5.75 Å². The molecule has 0 fully saturated rings. The van der Waals surface area contributed by atoms with E-state index in [1.807, 2.05) is 48.3 Å². The van der Waals surface area contributed by atoms with Gasteiger partial charge in [-0.1, -0.05) is 23.7 Å². The molecule has 3 aromatic rings. The highest BCUT2D eigenvalue weighted by atomic mass is 35.5. The van der Waals surface area contributed by atoms with Crippen molar-refractivity contribution in [3.05, 3.63) is 52.5 Å². The SMILES string of the molecule is CCOC(=O)CCCN(C)c1nc(NCc2ccc3c(c2)OOC3)c2cc(Cl)ccc2n1. The van der Waals surface area contributed by atoms with Crippen LogP contribution in [0.5, 0.6) is 5.75 Å². The molecule has 1 aliphatic rings. The van der Waals surface area contributed by atoms with Crippen LogP contribution in [0.1, 0.15) is 30.9 Å². The second-order valence-electron chi connectivity index (χ2n) is 7.50. The summed E-state index contributed by atoms with van der Waals surface area (Å²) in [7, 11) is 1.91. The third-order valence-electron chi connectivity index (χ3n) is 5.12. The van der Waals surface area contributed by atoms with E-state index in [9.17, 15) is 4.79 Å². The number of hydrogen-bond donors (Lipinski definition) is 1. The quantitative estimate of drug-likeness (QED) is 0.372. The molecular formula is C23H25ClN4O4. The lowest BCUT2D eigenvalue weighted by molar-refractivity contribution is -0.194. The number of carbonyl (C=O) groups excluding carboxylic acids is 1. The zero-order chi connectivity index (χ0) is 22.5. The van der Waals surface area contributed by atoms with E-state index in [4.69, 9.17) is 31.1 Å². The highest BCUT2D eigenvalue weighted by Gasteiger charge is 2.15. The predicted molar refractivity (Wildman–Crippen MR) is 123 cm³/mol. The van der Waals surface area contributed by atoms with Crippen molar-refractivity contribution >= 4 is 40.2 Å². The number of nitrogens with one attached hydrogen (secondary N) is 1. The van der Waals surface area contributed by atoms with Crippen molar-refractivity contribution < 1.29 is 19.3 Å².